The first-order valence-corrected chi connectivity index (χ1v) is 11.3. The second-order valence-electron chi connectivity index (χ2n) is 8.76. The highest BCUT2D eigenvalue weighted by Gasteiger charge is 2.36. The van der Waals surface area contributed by atoms with E-state index in [1.165, 1.54) is 0 Å². The Hall–Kier alpha value is -4.19. The van der Waals surface area contributed by atoms with Crippen molar-refractivity contribution in [2.24, 2.45) is 0 Å². The summed E-state index contributed by atoms with van der Waals surface area (Å²) in [5.41, 5.74) is 7.47. The molecule has 1 N–H and O–H groups in total. The molecule has 2 amide bonds. The summed E-state index contributed by atoms with van der Waals surface area (Å²) in [6.07, 6.45) is 0. The third-order valence-electron chi connectivity index (χ3n) is 6.05. The maximum Gasteiger partial charge on any atom is 0.326 e. The number of urea groups is 1. The van der Waals surface area contributed by atoms with Crippen LogP contribution in [0.5, 0.6) is 0 Å². The van der Waals surface area contributed by atoms with E-state index in [1.807, 2.05) is 94.4 Å². The van der Waals surface area contributed by atoms with Crippen molar-refractivity contribution in [3.05, 3.63) is 107 Å². The van der Waals surface area contributed by atoms with Gasteiger partial charge in [0.25, 0.3) is 5.89 Å². The molecule has 6 nitrogen and oxygen atoms in total. The molecule has 5 rings (SSSR count). The van der Waals surface area contributed by atoms with Crippen molar-refractivity contribution in [2.75, 3.05) is 4.90 Å². The lowest BCUT2D eigenvalue weighted by atomic mass is 9.93. The molecule has 0 spiro atoms. The zero-order valence-corrected chi connectivity index (χ0v) is 19.7. The Bertz CT molecular complexity index is 1370. The molecule has 34 heavy (non-hydrogen) atoms. The monoisotopic (exact) mass is 450 g/mol. The number of aryl methyl sites for hydroxylation is 3. The SMILES string of the molecule is CC1=C(c2nc(-c3ccccc3)no2)C(c2ccc(C)cc2)NC(=O)N1c1cc(C)cc(C)c1. The molecule has 170 valence electrons. The standard InChI is InChI=1S/C28H26N4O2/c1-17-10-12-21(13-11-17)25-24(27-30-26(31-34-27)22-8-6-5-7-9-22)20(4)32(28(33)29-25)23-15-18(2)14-19(3)16-23/h5-16,25H,1-4H3,(H,29,33). The quantitative estimate of drug-likeness (QED) is 0.392. The first-order chi connectivity index (χ1) is 16.4. The Morgan fingerprint density at radius 2 is 1.53 bits per heavy atom. The second-order valence-corrected chi connectivity index (χ2v) is 8.76. The van der Waals surface area contributed by atoms with Gasteiger partial charge in [-0.3, -0.25) is 4.90 Å². The summed E-state index contributed by atoms with van der Waals surface area (Å²) in [6, 6.07) is 23.3. The van der Waals surface area contributed by atoms with Gasteiger partial charge in [0.15, 0.2) is 0 Å². The first-order valence-electron chi connectivity index (χ1n) is 11.3. The highest BCUT2D eigenvalue weighted by Crippen LogP contribution is 2.39. The molecule has 4 aromatic rings. The van der Waals surface area contributed by atoms with Gasteiger partial charge in [0, 0.05) is 11.3 Å². The summed E-state index contributed by atoms with van der Waals surface area (Å²) in [4.78, 5) is 19.8. The van der Waals surface area contributed by atoms with Gasteiger partial charge >= 0.3 is 6.03 Å². The summed E-state index contributed by atoms with van der Waals surface area (Å²) < 4.78 is 5.77. The van der Waals surface area contributed by atoms with Crippen LogP contribution in [0, 0.1) is 20.8 Å². The molecule has 0 saturated heterocycles. The molecule has 1 aliphatic heterocycles. The molecule has 1 unspecified atom stereocenters. The normalized spacial score (nSPS) is 16.1. The molecule has 3 aromatic carbocycles. The van der Waals surface area contributed by atoms with Crippen LogP contribution in [0.15, 0.2) is 83.0 Å². The predicted octanol–water partition coefficient (Wildman–Crippen LogP) is 6.36. The van der Waals surface area contributed by atoms with Crippen LogP contribution in [0.3, 0.4) is 0 Å². The topological polar surface area (TPSA) is 71.3 Å². The number of amides is 2. The molecule has 1 atom stereocenters. The van der Waals surface area contributed by atoms with Crippen LogP contribution in [0.1, 0.15) is 41.1 Å². The summed E-state index contributed by atoms with van der Waals surface area (Å²) in [5.74, 6) is 0.893. The smallest absolute Gasteiger partial charge is 0.326 e. The zero-order chi connectivity index (χ0) is 23.8. The van der Waals surface area contributed by atoms with Crippen LogP contribution in [0.2, 0.25) is 0 Å². The van der Waals surface area contributed by atoms with E-state index < -0.39 is 6.04 Å². The highest BCUT2D eigenvalue weighted by atomic mass is 16.5. The lowest BCUT2D eigenvalue weighted by Crippen LogP contribution is -2.46. The molecule has 0 aliphatic carbocycles. The Kier molecular flexibility index (Phi) is 5.49. The number of aromatic nitrogens is 2. The van der Waals surface area contributed by atoms with Gasteiger partial charge in [-0.15, -0.1) is 0 Å². The van der Waals surface area contributed by atoms with Gasteiger partial charge in [0.05, 0.1) is 17.3 Å². The van der Waals surface area contributed by atoms with E-state index in [0.29, 0.717) is 11.7 Å². The van der Waals surface area contributed by atoms with E-state index in [9.17, 15) is 4.79 Å². The number of carbonyl (C=O) groups is 1. The number of nitrogens with one attached hydrogen (secondary N) is 1. The third kappa shape index (κ3) is 3.99. The zero-order valence-electron chi connectivity index (χ0n) is 19.7. The van der Waals surface area contributed by atoms with Crippen molar-refractivity contribution < 1.29 is 9.32 Å². The van der Waals surface area contributed by atoms with Crippen LogP contribution in [0.25, 0.3) is 17.0 Å². The maximum atomic E-state index is 13.4. The highest BCUT2D eigenvalue weighted by molar-refractivity contribution is 6.01. The maximum absolute atomic E-state index is 13.4. The minimum absolute atomic E-state index is 0.195. The van der Waals surface area contributed by atoms with Crippen molar-refractivity contribution in [1.29, 1.82) is 0 Å². The van der Waals surface area contributed by atoms with Gasteiger partial charge in [0.2, 0.25) is 5.82 Å². The average molecular weight is 451 g/mol. The Balaban J connectivity index is 1.67. The Labute approximate surface area is 198 Å². The van der Waals surface area contributed by atoms with Gasteiger partial charge in [-0.1, -0.05) is 71.4 Å². The van der Waals surface area contributed by atoms with Gasteiger partial charge in [-0.2, -0.15) is 4.98 Å². The summed E-state index contributed by atoms with van der Waals surface area (Å²) >= 11 is 0. The number of carbonyl (C=O) groups excluding carboxylic acids is 1. The lowest BCUT2D eigenvalue weighted by Gasteiger charge is -2.35. The number of anilines is 1. The van der Waals surface area contributed by atoms with Crippen molar-refractivity contribution >= 4 is 17.3 Å². The fourth-order valence-corrected chi connectivity index (χ4v) is 4.46. The Morgan fingerprint density at radius 1 is 0.853 bits per heavy atom. The molecule has 1 aliphatic rings. The molecule has 6 heteroatoms. The van der Waals surface area contributed by atoms with Crippen LogP contribution in [-0.4, -0.2) is 16.2 Å². The van der Waals surface area contributed by atoms with Crippen molar-refractivity contribution in [1.82, 2.24) is 15.5 Å². The van der Waals surface area contributed by atoms with Crippen molar-refractivity contribution in [3.63, 3.8) is 0 Å². The number of nitrogens with zero attached hydrogens (tertiary/aromatic N) is 3. The molecule has 0 saturated carbocycles. The number of rotatable bonds is 4. The van der Waals surface area contributed by atoms with Gasteiger partial charge < -0.3 is 9.84 Å². The second kappa shape index (κ2) is 8.63. The number of hydrogen-bond acceptors (Lipinski definition) is 4. The molecule has 0 radical (unpaired) electrons. The van der Waals surface area contributed by atoms with Crippen molar-refractivity contribution in [2.45, 2.75) is 33.7 Å². The summed E-state index contributed by atoms with van der Waals surface area (Å²) in [5, 5.41) is 7.40. The molecule has 0 fully saturated rings. The van der Waals surface area contributed by atoms with Crippen LogP contribution >= 0.6 is 0 Å². The third-order valence-corrected chi connectivity index (χ3v) is 6.05. The minimum Gasteiger partial charge on any atom is -0.334 e. The van der Waals surface area contributed by atoms with Gasteiger partial charge in [-0.25, -0.2) is 4.79 Å². The number of hydrogen-bond donors (Lipinski definition) is 1. The van der Waals surface area contributed by atoms with Gasteiger partial charge in [-0.05, 0) is 56.5 Å². The first kappa shape index (κ1) is 21.6. The Morgan fingerprint density at radius 3 is 2.21 bits per heavy atom. The van der Waals surface area contributed by atoms with Crippen molar-refractivity contribution in [3.8, 4) is 11.4 Å². The van der Waals surface area contributed by atoms with Crippen LogP contribution < -0.4 is 10.2 Å². The molecule has 2 heterocycles. The van der Waals surface area contributed by atoms with Crippen LogP contribution in [-0.2, 0) is 0 Å². The van der Waals surface area contributed by atoms with E-state index in [2.05, 4.69) is 16.5 Å². The number of benzene rings is 3. The van der Waals surface area contributed by atoms with E-state index in [-0.39, 0.29) is 6.03 Å². The predicted molar refractivity (Wildman–Crippen MR) is 133 cm³/mol. The van der Waals surface area contributed by atoms with E-state index in [4.69, 9.17) is 9.51 Å². The van der Waals surface area contributed by atoms with E-state index in [0.717, 1.165) is 44.8 Å². The molecule has 0 bridgehead atoms. The fourth-order valence-electron chi connectivity index (χ4n) is 4.46. The summed E-state index contributed by atoms with van der Waals surface area (Å²) in [7, 11) is 0. The van der Waals surface area contributed by atoms with E-state index in [1.54, 1.807) is 4.90 Å². The van der Waals surface area contributed by atoms with Crippen LogP contribution in [0.4, 0.5) is 10.5 Å². The molecule has 1 aromatic heterocycles. The molecular weight excluding hydrogens is 424 g/mol. The number of allylic oxidation sites excluding steroid dienone is 1. The summed E-state index contributed by atoms with van der Waals surface area (Å²) in [6.45, 7) is 8.02. The molecular formula is C28H26N4O2. The average Bonchev–Trinajstić information content (AvgIpc) is 3.29. The lowest BCUT2D eigenvalue weighted by molar-refractivity contribution is 0.244. The largest absolute Gasteiger partial charge is 0.334 e. The van der Waals surface area contributed by atoms with E-state index >= 15 is 0 Å². The minimum atomic E-state index is -0.417. The fraction of sp³-hybridized carbons (Fsp3) is 0.179. The van der Waals surface area contributed by atoms with Gasteiger partial charge in [0.1, 0.15) is 0 Å².